The van der Waals surface area contributed by atoms with Crippen molar-refractivity contribution in [3.05, 3.63) is 91.9 Å². The van der Waals surface area contributed by atoms with Crippen molar-refractivity contribution in [3.8, 4) is 17.6 Å². The van der Waals surface area contributed by atoms with Crippen LogP contribution in [0.2, 0.25) is 15.1 Å². The van der Waals surface area contributed by atoms with Crippen LogP contribution in [0.4, 0.5) is 0 Å². The van der Waals surface area contributed by atoms with Crippen molar-refractivity contribution in [2.45, 2.75) is 13.5 Å². The van der Waals surface area contributed by atoms with Crippen LogP contribution in [-0.4, -0.2) is 7.11 Å². The van der Waals surface area contributed by atoms with Gasteiger partial charge in [-0.2, -0.15) is 5.26 Å². The number of halogens is 3. The molecule has 0 heterocycles. The van der Waals surface area contributed by atoms with Gasteiger partial charge in [-0.15, -0.1) is 0 Å². The maximum atomic E-state index is 9.59. The number of ether oxygens (including phenoxy) is 2. The van der Waals surface area contributed by atoms with Gasteiger partial charge in [0.25, 0.3) is 0 Å². The van der Waals surface area contributed by atoms with Crippen molar-refractivity contribution >= 4 is 46.5 Å². The smallest absolute Gasteiger partial charge is 0.180 e. The largest absolute Gasteiger partial charge is 0.493 e. The Hall–Kier alpha value is -2.64. The average Bonchev–Trinajstić information content (AvgIpc) is 2.72. The van der Waals surface area contributed by atoms with Crippen LogP contribution in [0.25, 0.3) is 11.6 Å². The monoisotopic (exact) mass is 457 g/mol. The second kappa shape index (κ2) is 9.91. The van der Waals surface area contributed by atoms with E-state index in [1.54, 1.807) is 36.4 Å². The minimum absolute atomic E-state index is 0.202. The molecule has 0 fully saturated rings. The van der Waals surface area contributed by atoms with E-state index in [4.69, 9.17) is 44.3 Å². The molecule has 0 aromatic heterocycles. The highest BCUT2D eigenvalue weighted by atomic mass is 35.5. The molecule has 0 N–H and O–H groups in total. The van der Waals surface area contributed by atoms with Crippen molar-refractivity contribution in [1.82, 2.24) is 0 Å². The second-order valence-electron chi connectivity index (χ2n) is 6.59. The summed E-state index contributed by atoms with van der Waals surface area (Å²) in [6, 6.07) is 18.7. The van der Waals surface area contributed by atoms with Gasteiger partial charge in [0.2, 0.25) is 0 Å². The highest BCUT2D eigenvalue weighted by Crippen LogP contribution is 2.38. The van der Waals surface area contributed by atoms with Gasteiger partial charge in [0.05, 0.1) is 23.8 Å². The topological polar surface area (TPSA) is 42.2 Å². The predicted octanol–water partition coefficient (Wildman–Crippen LogP) is 7.61. The van der Waals surface area contributed by atoms with Crippen LogP contribution in [0.1, 0.15) is 22.3 Å². The van der Waals surface area contributed by atoms with Crippen molar-refractivity contribution in [1.29, 1.82) is 5.26 Å². The Bertz CT molecular complexity index is 1130. The lowest BCUT2D eigenvalue weighted by Crippen LogP contribution is -1.99. The molecule has 0 atom stereocenters. The predicted molar refractivity (Wildman–Crippen MR) is 123 cm³/mol. The van der Waals surface area contributed by atoms with Crippen molar-refractivity contribution in [2.24, 2.45) is 0 Å². The quantitative estimate of drug-likeness (QED) is 0.282. The van der Waals surface area contributed by atoms with Crippen LogP contribution in [-0.2, 0) is 6.61 Å². The van der Waals surface area contributed by atoms with Gasteiger partial charge < -0.3 is 9.47 Å². The lowest BCUT2D eigenvalue weighted by atomic mass is 10.0. The number of allylic oxidation sites excluding steroid dienone is 1. The zero-order valence-corrected chi connectivity index (χ0v) is 18.6. The molecule has 3 rings (SSSR count). The fourth-order valence-electron chi connectivity index (χ4n) is 2.83. The summed E-state index contributed by atoms with van der Waals surface area (Å²) in [5.74, 6) is 0.858. The molecule has 3 aromatic rings. The molecule has 3 aromatic carbocycles. The summed E-state index contributed by atoms with van der Waals surface area (Å²) in [5.41, 5.74) is 3.98. The molecule has 0 aliphatic rings. The highest BCUT2D eigenvalue weighted by Gasteiger charge is 2.13. The number of nitriles is 1. The van der Waals surface area contributed by atoms with Gasteiger partial charge in [0, 0.05) is 15.6 Å². The fraction of sp³-hybridized carbons (Fsp3) is 0.125. The number of methoxy groups -OCH3 is 1. The van der Waals surface area contributed by atoms with Crippen LogP contribution in [0.5, 0.6) is 11.5 Å². The van der Waals surface area contributed by atoms with E-state index >= 15 is 0 Å². The van der Waals surface area contributed by atoms with Gasteiger partial charge >= 0.3 is 0 Å². The summed E-state index contributed by atoms with van der Waals surface area (Å²) in [6.45, 7) is 2.20. The van der Waals surface area contributed by atoms with E-state index in [1.165, 1.54) is 7.11 Å². The van der Waals surface area contributed by atoms with E-state index in [2.05, 4.69) is 6.07 Å². The molecule has 0 unspecified atom stereocenters. The third-order valence-electron chi connectivity index (χ3n) is 4.43. The third-order valence-corrected chi connectivity index (χ3v) is 5.30. The maximum absolute atomic E-state index is 9.59. The van der Waals surface area contributed by atoms with Crippen LogP contribution in [0, 0.1) is 18.3 Å². The van der Waals surface area contributed by atoms with Crippen LogP contribution in [0.15, 0.2) is 54.6 Å². The summed E-state index contributed by atoms with van der Waals surface area (Å²) in [5, 5.41) is 11.0. The van der Waals surface area contributed by atoms with E-state index in [1.807, 2.05) is 31.2 Å². The highest BCUT2D eigenvalue weighted by molar-refractivity contribution is 6.35. The summed E-state index contributed by atoms with van der Waals surface area (Å²) >= 11 is 18.6. The van der Waals surface area contributed by atoms with Gasteiger partial charge in [0.1, 0.15) is 6.61 Å². The zero-order valence-electron chi connectivity index (χ0n) is 16.4. The van der Waals surface area contributed by atoms with Gasteiger partial charge in [-0.05, 0) is 48.4 Å². The van der Waals surface area contributed by atoms with E-state index in [9.17, 15) is 5.26 Å². The number of nitrogens with zero attached hydrogens (tertiary/aromatic N) is 1. The van der Waals surface area contributed by atoms with Crippen LogP contribution in [0.3, 0.4) is 0 Å². The lowest BCUT2D eigenvalue weighted by molar-refractivity contribution is 0.285. The van der Waals surface area contributed by atoms with E-state index in [0.29, 0.717) is 32.1 Å². The van der Waals surface area contributed by atoms with Crippen molar-refractivity contribution in [2.75, 3.05) is 7.11 Å². The molecule has 0 bridgehead atoms. The summed E-state index contributed by atoms with van der Waals surface area (Å²) in [7, 11) is 1.53. The number of hydrogen-bond acceptors (Lipinski definition) is 3. The van der Waals surface area contributed by atoms with Crippen LogP contribution < -0.4 is 9.47 Å². The molecule has 6 heteroatoms. The molecule has 3 nitrogen and oxygen atoms in total. The Morgan fingerprint density at radius 3 is 2.37 bits per heavy atom. The SMILES string of the molecule is COc1cc(/C=C(\C#N)c2ccc(C)cc2)cc(Cl)c1OCc1ccc(Cl)cc1Cl. The standard InChI is InChI=1S/C24H18Cl3NO2/c1-15-3-5-17(6-4-15)19(13-28)9-16-10-22(27)24(23(11-16)29-2)30-14-18-7-8-20(25)12-21(18)26/h3-12H,14H2,1-2H3/b19-9+. The lowest BCUT2D eigenvalue weighted by Gasteiger charge is -2.14. The van der Waals surface area contributed by atoms with Gasteiger partial charge in [-0.25, -0.2) is 0 Å². The minimum atomic E-state index is 0.202. The van der Waals surface area contributed by atoms with Gasteiger partial charge in [-0.3, -0.25) is 0 Å². The molecular formula is C24H18Cl3NO2. The Labute approximate surface area is 191 Å². The first-order valence-corrected chi connectivity index (χ1v) is 10.2. The van der Waals surface area contributed by atoms with E-state index in [-0.39, 0.29) is 6.61 Å². The van der Waals surface area contributed by atoms with Crippen LogP contribution >= 0.6 is 34.8 Å². The fourth-order valence-corrected chi connectivity index (χ4v) is 3.57. The van der Waals surface area contributed by atoms with Gasteiger partial charge in [0.15, 0.2) is 11.5 Å². The Morgan fingerprint density at radius 1 is 1.00 bits per heavy atom. The molecule has 0 saturated heterocycles. The molecule has 30 heavy (non-hydrogen) atoms. The molecule has 0 spiro atoms. The first-order valence-electron chi connectivity index (χ1n) is 9.04. The van der Waals surface area contributed by atoms with E-state index in [0.717, 1.165) is 22.3 Å². The Balaban J connectivity index is 1.89. The molecule has 0 saturated carbocycles. The molecular weight excluding hydrogens is 441 g/mol. The number of rotatable bonds is 6. The normalized spacial score (nSPS) is 11.1. The Morgan fingerprint density at radius 2 is 1.73 bits per heavy atom. The second-order valence-corrected chi connectivity index (χ2v) is 7.85. The number of hydrogen-bond donors (Lipinski definition) is 0. The molecule has 0 aliphatic carbocycles. The van der Waals surface area contributed by atoms with Crippen molar-refractivity contribution in [3.63, 3.8) is 0 Å². The minimum Gasteiger partial charge on any atom is -0.493 e. The van der Waals surface area contributed by atoms with Crippen molar-refractivity contribution < 1.29 is 9.47 Å². The molecule has 0 amide bonds. The summed E-state index contributed by atoms with van der Waals surface area (Å²) < 4.78 is 11.3. The summed E-state index contributed by atoms with van der Waals surface area (Å²) in [6.07, 6.45) is 1.76. The molecule has 0 aliphatic heterocycles. The van der Waals surface area contributed by atoms with E-state index < -0.39 is 0 Å². The van der Waals surface area contributed by atoms with Gasteiger partial charge in [-0.1, -0.05) is 70.7 Å². The zero-order chi connectivity index (χ0) is 21.7. The Kier molecular flexibility index (Phi) is 7.29. The number of aryl methyl sites for hydroxylation is 1. The maximum Gasteiger partial charge on any atom is 0.180 e. The molecule has 0 radical (unpaired) electrons. The average molecular weight is 459 g/mol. The summed E-state index contributed by atoms with van der Waals surface area (Å²) in [4.78, 5) is 0. The first-order chi connectivity index (χ1) is 14.4. The third kappa shape index (κ3) is 5.29. The first kappa shape index (κ1) is 22.1. The molecule has 152 valence electrons. The number of benzene rings is 3.